The van der Waals surface area contributed by atoms with Gasteiger partial charge in [-0.3, -0.25) is 14.3 Å². The van der Waals surface area contributed by atoms with Gasteiger partial charge < -0.3 is 20.9 Å². The lowest BCUT2D eigenvalue weighted by Crippen LogP contribution is -2.51. The van der Waals surface area contributed by atoms with Crippen LogP contribution >= 0.6 is 11.6 Å². The highest BCUT2D eigenvalue weighted by molar-refractivity contribution is 6.35. The first kappa shape index (κ1) is 28.9. The van der Waals surface area contributed by atoms with E-state index in [0.717, 1.165) is 31.0 Å². The number of ether oxygens (including phenoxy) is 1. The smallest absolute Gasteiger partial charge is 0.424 e. The van der Waals surface area contributed by atoms with Crippen molar-refractivity contribution in [3.63, 3.8) is 0 Å². The van der Waals surface area contributed by atoms with Crippen molar-refractivity contribution in [2.45, 2.75) is 43.0 Å². The van der Waals surface area contributed by atoms with E-state index in [1.54, 1.807) is 10.9 Å². The van der Waals surface area contributed by atoms with Crippen LogP contribution in [0.15, 0.2) is 48.7 Å². The van der Waals surface area contributed by atoms with Crippen LogP contribution in [0.5, 0.6) is 5.75 Å². The van der Waals surface area contributed by atoms with Gasteiger partial charge in [0.25, 0.3) is 5.91 Å². The molecule has 2 aromatic carbocycles. The summed E-state index contributed by atoms with van der Waals surface area (Å²) in [5, 5.41) is 18.5. The minimum atomic E-state index is -5.35. The third-order valence-corrected chi connectivity index (χ3v) is 8.22. The number of aliphatic hydroxyl groups is 1. The molecule has 1 aliphatic carbocycles. The SMILES string of the molecule is C[C@]1(C(N)=O)COc2c1cc(C(O)(CNC(=O)c1cc(Cl)c3cn(C4CC4)nc3c1)C(F)(F)F)nc2-c1ccc(F)cc1. The van der Waals surface area contributed by atoms with Crippen LogP contribution in [0, 0.1) is 5.82 Å². The Kier molecular flexibility index (Phi) is 6.66. The minimum Gasteiger partial charge on any atom is -0.489 e. The monoisotopic (exact) mass is 617 g/mol. The number of carbonyl (C=O) groups excluding carboxylic acids is 2. The van der Waals surface area contributed by atoms with Crippen molar-refractivity contribution in [1.82, 2.24) is 20.1 Å². The number of hydrogen-bond donors (Lipinski definition) is 3. The maximum atomic E-state index is 14.6. The van der Waals surface area contributed by atoms with Crippen molar-refractivity contribution in [1.29, 1.82) is 0 Å². The summed E-state index contributed by atoms with van der Waals surface area (Å²) in [6.07, 6.45) is -1.69. The molecule has 9 nitrogen and oxygen atoms in total. The van der Waals surface area contributed by atoms with Crippen LogP contribution < -0.4 is 15.8 Å². The molecule has 43 heavy (non-hydrogen) atoms. The van der Waals surface area contributed by atoms with Gasteiger partial charge in [-0.15, -0.1) is 0 Å². The van der Waals surface area contributed by atoms with Crippen LogP contribution in [0.4, 0.5) is 17.6 Å². The number of nitrogens with one attached hydrogen (secondary N) is 1. The maximum absolute atomic E-state index is 14.6. The number of primary amides is 1. The quantitative estimate of drug-likeness (QED) is 0.261. The van der Waals surface area contributed by atoms with Gasteiger partial charge in [-0.2, -0.15) is 18.3 Å². The molecule has 1 aliphatic heterocycles. The number of hydrogen-bond acceptors (Lipinski definition) is 6. The molecule has 0 saturated heterocycles. The second kappa shape index (κ2) is 9.91. The third-order valence-electron chi connectivity index (χ3n) is 7.91. The lowest BCUT2D eigenvalue weighted by atomic mass is 9.81. The Morgan fingerprint density at radius 3 is 2.53 bits per heavy atom. The van der Waals surface area contributed by atoms with Crippen LogP contribution in [0.2, 0.25) is 5.02 Å². The average Bonchev–Trinajstić information content (AvgIpc) is 3.62. The largest absolute Gasteiger partial charge is 0.489 e. The zero-order chi connectivity index (χ0) is 30.9. The molecule has 0 radical (unpaired) electrons. The number of nitrogens with two attached hydrogens (primary N) is 1. The van der Waals surface area contributed by atoms with Crippen molar-refractivity contribution in [3.05, 3.63) is 76.3 Å². The van der Waals surface area contributed by atoms with E-state index in [4.69, 9.17) is 22.1 Å². The number of pyridine rings is 1. The van der Waals surface area contributed by atoms with Crippen LogP contribution in [0.25, 0.3) is 22.2 Å². The molecule has 2 aliphatic rings. The summed E-state index contributed by atoms with van der Waals surface area (Å²) in [6.45, 7) is -0.250. The van der Waals surface area contributed by atoms with Crippen molar-refractivity contribution in [2.24, 2.45) is 5.73 Å². The number of carbonyl (C=O) groups is 2. The highest BCUT2D eigenvalue weighted by Crippen LogP contribution is 2.47. The summed E-state index contributed by atoms with van der Waals surface area (Å²) in [5.41, 5.74) is -0.342. The van der Waals surface area contributed by atoms with Crippen LogP contribution in [0.1, 0.15) is 47.4 Å². The molecule has 4 N–H and O–H groups in total. The molecule has 14 heteroatoms. The van der Waals surface area contributed by atoms with Gasteiger partial charge in [0.15, 0.2) is 0 Å². The molecule has 1 unspecified atom stereocenters. The Balaban J connectivity index is 1.39. The maximum Gasteiger partial charge on any atom is 0.424 e. The number of amides is 2. The molecule has 1 saturated carbocycles. The first-order valence-electron chi connectivity index (χ1n) is 13.2. The Hall–Kier alpha value is -4.23. The minimum absolute atomic E-state index is 0.0289. The molecule has 6 rings (SSSR count). The molecule has 2 atom stereocenters. The Morgan fingerprint density at radius 2 is 1.91 bits per heavy atom. The lowest BCUT2D eigenvalue weighted by molar-refractivity contribution is -0.265. The normalized spacial score (nSPS) is 19.5. The Morgan fingerprint density at radius 1 is 1.21 bits per heavy atom. The van der Waals surface area contributed by atoms with Crippen molar-refractivity contribution in [2.75, 3.05) is 13.2 Å². The van der Waals surface area contributed by atoms with Crippen molar-refractivity contribution < 1.29 is 37.0 Å². The summed E-state index contributed by atoms with van der Waals surface area (Å²) >= 11 is 6.35. The van der Waals surface area contributed by atoms with Gasteiger partial charge >= 0.3 is 6.18 Å². The highest BCUT2D eigenvalue weighted by atomic mass is 35.5. The Bertz CT molecular complexity index is 1790. The number of rotatable bonds is 7. The predicted molar refractivity (Wildman–Crippen MR) is 147 cm³/mol. The highest BCUT2D eigenvalue weighted by Gasteiger charge is 2.57. The molecule has 2 aromatic heterocycles. The number of alkyl halides is 3. The number of aromatic nitrogens is 3. The van der Waals surface area contributed by atoms with Gasteiger partial charge in [-0.25, -0.2) is 9.37 Å². The second-order valence-corrected chi connectivity index (χ2v) is 11.4. The fraction of sp³-hybridized carbons (Fsp3) is 0.310. The van der Waals surface area contributed by atoms with Crippen LogP contribution in [-0.4, -0.2) is 51.0 Å². The van der Waals surface area contributed by atoms with Crippen molar-refractivity contribution >= 4 is 34.3 Å². The van der Waals surface area contributed by atoms with E-state index in [9.17, 15) is 32.3 Å². The lowest BCUT2D eigenvalue weighted by Gasteiger charge is -2.31. The molecule has 0 spiro atoms. The molecule has 3 heterocycles. The molecule has 224 valence electrons. The summed E-state index contributed by atoms with van der Waals surface area (Å²) in [5.74, 6) is -2.46. The number of halogens is 5. The predicted octanol–water partition coefficient (Wildman–Crippen LogP) is 4.54. The topological polar surface area (TPSA) is 132 Å². The van der Waals surface area contributed by atoms with Gasteiger partial charge in [-0.05, 0) is 62.2 Å². The fourth-order valence-electron chi connectivity index (χ4n) is 5.01. The standard InChI is InChI=1S/C29H24ClF4N5O4/c1-27(26(35)41)13-43-24-19(27)10-22(37-23(24)14-2-4-16(31)5-3-14)28(42,29(32,33)34)12-36-25(40)15-8-20(30)18-11-39(17-6-7-17)38-21(18)9-15/h2-5,8-11,17,42H,6-7,12-13H2,1H3,(H2,35,41)(H,36,40)/t27-,28?/m0/s1. The van der Waals surface area contributed by atoms with E-state index >= 15 is 0 Å². The van der Waals surface area contributed by atoms with Gasteiger partial charge in [0, 0.05) is 28.3 Å². The number of benzene rings is 2. The second-order valence-electron chi connectivity index (χ2n) is 11.0. The van der Waals surface area contributed by atoms with E-state index in [0.29, 0.717) is 10.9 Å². The summed E-state index contributed by atoms with van der Waals surface area (Å²) in [6, 6.07) is 8.53. The fourth-order valence-corrected chi connectivity index (χ4v) is 5.27. The van der Waals surface area contributed by atoms with Crippen molar-refractivity contribution in [3.8, 4) is 17.0 Å². The molecule has 0 bridgehead atoms. The molecule has 1 fully saturated rings. The van der Waals surface area contributed by atoms with Gasteiger partial charge in [-0.1, -0.05) is 11.6 Å². The zero-order valence-corrected chi connectivity index (χ0v) is 23.3. The van der Waals surface area contributed by atoms with E-state index < -0.39 is 47.1 Å². The van der Waals surface area contributed by atoms with Crippen LogP contribution in [0.3, 0.4) is 0 Å². The molecular formula is C29H24ClF4N5O4. The van der Waals surface area contributed by atoms with E-state index in [2.05, 4.69) is 15.4 Å². The summed E-state index contributed by atoms with van der Waals surface area (Å²) in [4.78, 5) is 29.5. The van der Waals surface area contributed by atoms with Gasteiger partial charge in [0.1, 0.15) is 29.3 Å². The van der Waals surface area contributed by atoms with Crippen LogP contribution in [-0.2, 0) is 15.8 Å². The molecular weight excluding hydrogens is 594 g/mol. The summed E-state index contributed by atoms with van der Waals surface area (Å²) < 4.78 is 65.0. The first-order valence-corrected chi connectivity index (χ1v) is 13.6. The third kappa shape index (κ3) is 4.85. The van der Waals surface area contributed by atoms with E-state index in [1.807, 2.05) is 0 Å². The summed E-state index contributed by atoms with van der Waals surface area (Å²) in [7, 11) is 0. The van der Waals surface area contributed by atoms with Gasteiger partial charge in [0.05, 0.1) is 28.8 Å². The molecule has 2 amide bonds. The van der Waals surface area contributed by atoms with Gasteiger partial charge in [0.2, 0.25) is 11.5 Å². The average molecular weight is 618 g/mol. The Labute approximate surface area is 246 Å². The number of nitrogens with zero attached hydrogens (tertiary/aromatic N) is 3. The first-order chi connectivity index (χ1) is 20.2. The van der Waals surface area contributed by atoms with E-state index in [1.165, 1.54) is 31.2 Å². The number of fused-ring (bicyclic) bond motifs is 2. The molecule has 4 aromatic rings. The zero-order valence-electron chi connectivity index (χ0n) is 22.5. The van der Waals surface area contributed by atoms with E-state index in [-0.39, 0.29) is 45.8 Å².